The number of anilines is 1. The topological polar surface area (TPSA) is 112 Å². The highest BCUT2D eigenvalue weighted by Gasteiger charge is 2.34. The van der Waals surface area contributed by atoms with Crippen LogP contribution in [0.2, 0.25) is 0 Å². The number of ether oxygens (including phenoxy) is 1. The molecule has 0 aliphatic carbocycles. The van der Waals surface area contributed by atoms with Crippen LogP contribution in [0.5, 0.6) is 0 Å². The fourth-order valence-electron chi connectivity index (χ4n) is 4.10. The third-order valence-corrected chi connectivity index (χ3v) is 5.49. The average Bonchev–Trinajstić information content (AvgIpc) is 3.03. The number of aryl methyl sites for hydroxylation is 2. The molecule has 3 N–H and O–H groups in total. The third kappa shape index (κ3) is 3.44. The number of hydrogen-bond acceptors (Lipinski definition) is 6. The van der Waals surface area contributed by atoms with E-state index in [1.165, 1.54) is 12.0 Å². The number of aromatic amines is 1. The van der Waals surface area contributed by atoms with Crippen LogP contribution in [0.3, 0.4) is 0 Å². The quantitative estimate of drug-likeness (QED) is 0.429. The van der Waals surface area contributed by atoms with Gasteiger partial charge in [-0.3, -0.25) is 9.59 Å². The molecule has 0 fully saturated rings. The maximum Gasteiger partial charge on any atom is 0.337 e. The fourth-order valence-corrected chi connectivity index (χ4v) is 4.10. The monoisotopic (exact) mass is 421 g/mol. The number of methoxy groups -OCH3 is 1. The predicted octanol–water partition coefficient (Wildman–Crippen LogP) is 1.97. The molecule has 1 aromatic heterocycles. The largest absolute Gasteiger partial charge is 0.466 e. The van der Waals surface area contributed by atoms with Crippen LogP contribution in [0, 0.1) is 13.8 Å². The van der Waals surface area contributed by atoms with Crippen molar-refractivity contribution in [3.05, 3.63) is 63.0 Å². The summed E-state index contributed by atoms with van der Waals surface area (Å²) >= 11 is 0. The number of carbonyl (C=O) groups excluding carboxylic acids is 2. The summed E-state index contributed by atoms with van der Waals surface area (Å²) in [5, 5.41) is 13.4. The second-order valence-corrected chi connectivity index (χ2v) is 7.61. The van der Waals surface area contributed by atoms with Gasteiger partial charge < -0.3 is 25.0 Å². The number of esters is 1. The maximum atomic E-state index is 13.2. The van der Waals surface area contributed by atoms with E-state index in [0.717, 1.165) is 11.1 Å². The van der Waals surface area contributed by atoms with Crippen LogP contribution in [0.25, 0.3) is 21.8 Å². The molecule has 0 saturated heterocycles. The van der Waals surface area contributed by atoms with Gasteiger partial charge in [0.15, 0.2) is 5.43 Å². The zero-order valence-electron chi connectivity index (χ0n) is 17.5. The van der Waals surface area contributed by atoms with E-state index >= 15 is 0 Å². The van der Waals surface area contributed by atoms with Gasteiger partial charge in [0.2, 0.25) is 0 Å². The molecule has 31 heavy (non-hydrogen) atoms. The molecule has 160 valence electrons. The molecular formula is C23H23N3O5. The first-order valence-corrected chi connectivity index (χ1v) is 9.90. The van der Waals surface area contributed by atoms with Crippen molar-refractivity contribution in [2.24, 2.45) is 0 Å². The molecule has 0 unspecified atom stereocenters. The molecule has 1 amide bonds. The Hall–Kier alpha value is -3.65. The summed E-state index contributed by atoms with van der Waals surface area (Å²) in [4.78, 5) is 43.0. The van der Waals surface area contributed by atoms with Crippen LogP contribution in [-0.4, -0.2) is 53.7 Å². The van der Waals surface area contributed by atoms with E-state index in [1.807, 2.05) is 26.0 Å². The number of benzene rings is 2. The highest BCUT2D eigenvalue weighted by Crippen LogP contribution is 2.28. The van der Waals surface area contributed by atoms with Crippen molar-refractivity contribution >= 4 is 39.4 Å². The first-order valence-electron chi connectivity index (χ1n) is 9.90. The molecule has 2 heterocycles. The van der Waals surface area contributed by atoms with Crippen LogP contribution in [0.1, 0.15) is 11.1 Å². The number of aliphatic hydroxyl groups excluding tert-OH is 1. The third-order valence-electron chi connectivity index (χ3n) is 5.49. The smallest absolute Gasteiger partial charge is 0.337 e. The number of fused-ring (bicyclic) bond motifs is 2. The minimum atomic E-state index is -0.623. The zero-order chi connectivity index (χ0) is 22.3. The molecule has 0 spiro atoms. The summed E-state index contributed by atoms with van der Waals surface area (Å²) in [6, 6.07) is 9.05. The number of amides is 1. The molecule has 8 heteroatoms. The molecule has 8 nitrogen and oxygen atoms in total. The molecule has 1 aliphatic rings. The lowest BCUT2D eigenvalue weighted by atomic mass is 10.0. The second kappa shape index (κ2) is 7.88. The van der Waals surface area contributed by atoms with Gasteiger partial charge in [-0.15, -0.1) is 0 Å². The van der Waals surface area contributed by atoms with E-state index in [9.17, 15) is 19.5 Å². The molecule has 2 aromatic carbocycles. The maximum absolute atomic E-state index is 13.2. The van der Waals surface area contributed by atoms with Crippen molar-refractivity contribution in [1.82, 2.24) is 9.88 Å². The Kier molecular flexibility index (Phi) is 5.24. The summed E-state index contributed by atoms with van der Waals surface area (Å²) in [6.07, 6.45) is 0. The Morgan fingerprint density at radius 3 is 2.74 bits per heavy atom. The van der Waals surface area contributed by atoms with Gasteiger partial charge in [0.05, 0.1) is 42.6 Å². The molecule has 0 saturated carbocycles. The van der Waals surface area contributed by atoms with Gasteiger partial charge in [-0.1, -0.05) is 12.1 Å². The van der Waals surface area contributed by atoms with Crippen LogP contribution in [0.15, 0.2) is 46.4 Å². The van der Waals surface area contributed by atoms with Crippen LogP contribution in [0.4, 0.5) is 5.69 Å². The Balaban J connectivity index is 1.89. The van der Waals surface area contributed by atoms with Gasteiger partial charge in [-0.05, 0) is 43.2 Å². The lowest BCUT2D eigenvalue weighted by Crippen LogP contribution is -2.31. The Bertz CT molecular complexity index is 1320. The van der Waals surface area contributed by atoms with Gasteiger partial charge >= 0.3 is 5.97 Å². The van der Waals surface area contributed by atoms with E-state index in [1.54, 1.807) is 18.2 Å². The van der Waals surface area contributed by atoms with Crippen molar-refractivity contribution < 1.29 is 19.4 Å². The van der Waals surface area contributed by atoms with Crippen molar-refractivity contribution in [3.8, 4) is 0 Å². The SMILES string of the molecule is COC(=O)C1=C(Nc2cccc3c(=O)c4c(C)cc(C)cc4[nH]c23)C(=O)N(CCO)C1. The molecule has 0 atom stereocenters. The number of aliphatic hydroxyl groups is 1. The zero-order valence-corrected chi connectivity index (χ0v) is 17.5. The number of nitrogens with one attached hydrogen (secondary N) is 2. The second-order valence-electron chi connectivity index (χ2n) is 7.61. The average molecular weight is 421 g/mol. The first-order chi connectivity index (χ1) is 14.8. The minimum Gasteiger partial charge on any atom is -0.466 e. The van der Waals surface area contributed by atoms with E-state index in [-0.39, 0.29) is 36.4 Å². The molecule has 3 aromatic rings. The Morgan fingerprint density at radius 2 is 2.03 bits per heavy atom. The van der Waals surface area contributed by atoms with E-state index in [0.29, 0.717) is 27.5 Å². The number of pyridine rings is 1. The Labute approximate surface area is 178 Å². The predicted molar refractivity (Wildman–Crippen MR) is 118 cm³/mol. The Morgan fingerprint density at radius 1 is 1.26 bits per heavy atom. The summed E-state index contributed by atoms with van der Waals surface area (Å²) in [6.45, 7) is 3.77. The lowest BCUT2D eigenvalue weighted by Gasteiger charge is -2.16. The minimum absolute atomic E-state index is 0.0387. The number of carbonyl (C=O) groups is 2. The molecule has 0 bridgehead atoms. The van der Waals surface area contributed by atoms with Crippen molar-refractivity contribution in [3.63, 3.8) is 0 Å². The number of H-pyrrole nitrogens is 1. The lowest BCUT2D eigenvalue weighted by molar-refractivity contribution is -0.136. The molecule has 4 rings (SSSR count). The van der Waals surface area contributed by atoms with Crippen LogP contribution < -0.4 is 10.7 Å². The summed E-state index contributed by atoms with van der Waals surface area (Å²) in [5.74, 6) is -1.04. The van der Waals surface area contributed by atoms with E-state index in [2.05, 4.69) is 10.3 Å². The van der Waals surface area contributed by atoms with Crippen molar-refractivity contribution in [2.75, 3.05) is 32.1 Å². The number of nitrogens with zero attached hydrogens (tertiary/aromatic N) is 1. The number of rotatable bonds is 5. The number of hydrogen-bond donors (Lipinski definition) is 3. The highest BCUT2D eigenvalue weighted by molar-refractivity contribution is 6.10. The summed E-state index contributed by atoms with van der Waals surface area (Å²) in [5.41, 5.74) is 3.78. The van der Waals surface area contributed by atoms with Crippen molar-refractivity contribution in [1.29, 1.82) is 0 Å². The van der Waals surface area contributed by atoms with Gasteiger partial charge in [0.1, 0.15) is 5.70 Å². The van der Waals surface area contributed by atoms with E-state index in [4.69, 9.17) is 4.74 Å². The van der Waals surface area contributed by atoms with Gasteiger partial charge in [-0.25, -0.2) is 4.79 Å². The van der Waals surface area contributed by atoms with Gasteiger partial charge in [0.25, 0.3) is 5.91 Å². The highest BCUT2D eigenvalue weighted by atomic mass is 16.5. The van der Waals surface area contributed by atoms with Crippen molar-refractivity contribution in [2.45, 2.75) is 13.8 Å². The van der Waals surface area contributed by atoms with Gasteiger partial charge in [-0.2, -0.15) is 0 Å². The summed E-state index contributed by atoms with van der Waals surface area (Å²) < 4.78 is 4.83. The van der Waals surface area contributed by atoms with Crippen LogP contribution in [-0.2, 0) is 14.3 Å². The van der Waals surface area contributed by atoms with Crippen LogP contribution >= 0.6 is 0 Å². The normalized spacial score (nSPS) is 14.1. The number of β-amino-alcohol motifs (C(OH)–C–C–N with tert-alkyl or cyclic N) is 1. The van der Waals surface area contributed by atoms with Gasteiger partial charge in [0, 0.05) is 17.3 Å². The fraction of sp³-hybridized carbons (Fsp3) is 0.261. The standard InChI is InChI=1S/C23H23N3O5/c1-12-9-13(2)18-17(10-12)25-19-14(21(18)28)5-4-6-16(19)24-20-15(23(30)31-3)11-26(7-8-27)22(20)29/h4-6,9-10,24,27H,7-8,11H2,1-3H3,(H,25,28). The number of para-hydroxylation sites is 1. The molecule has 1 aliphatic heterocycles. The molecular weight excluding hydrogens is 398 g/mol. The summed E-state index contributed by atoms with van der Waals surface area (Å²) in [7, 11) is 1.25. The number of aromatic nitrogens is 1. The molecule has 0 radical (unpaired) electrons. The van der Waals surface area contributed by atoms with E-state index < -0.39 is 11.9 Å². The first kappa shape index (κ1) is 20.6.